The summed E-state index contributed by atoms with van der Waals surface area (Å²) in [5, 5.41) is 3.19. The molecule has 0 radical (unpaired) electrons. The summed E-state index contributed by atoms with van der Waals surface area (Å²) < 4.78 is 54.3. The fourth-order valence-corrected chi connectivity index (χ4v) is 2.20. The second-order valence-electron chi connectivity index (χ2n) is 5.04. The van der Waals surface area contributed by atoms with Gasteiger partial charge in [-0.15, -0.1) is 0 Å². The Balaban J connectivity index is 2.69. The molecule has 0 spiro atoms. The molecule has 6 heteroatoms. The maximum absolute atomic E-state index is 13.6. The quantitative estimate of drug-likeness (QED) is 0.606. The molecule has 0 aliphatic rings. The number of benzene rings is 1. The molecule has 1 unspecified atom stereocenters. The number of rotatable bonds is 7. The monoisotopic (exact) mass is 307 g/mol. The number of nitrogens with one attached hydrogen (secondary N) is 1. The van der Waals surface area contributed by atoms with Gasteiger partial charge in [-0.05, 0) is 43.5 Å². The second kappa shape index (κ2) is 7.75. The predicted molar refractivity (Wildman–Crippen MR) is 73.8 cm³/mol. The lowest BCUT2D eigenvalue weighted by molar-refractivity contribution is -0.174. The third-order valence-electron chi connectivity index (χ3n) is 3.13. The summed E-state index contributed by atoms with van der Waals surface area (Å²) in [4.78, 5) is 0. The van der Waals surface area contributed by atoms with Gasteiger partial charge in [-0.25, -0.2) is 4.39 Å². The molecule has 1 aromatic rings. The molecule has 0 aliphatic heterocycles. The topological polar surface area (TPSA) is 21.3 Å². The van der Waals surface area contributed by atoms with Crippen molar-refractivity contribution in [2.75, 3.05) is 19.8 Å². The van der Waals surface area contributed by atoms with Crippen molar-refractivity contribution in [3.05, 3.63) is 34.6 Å². The van der Waals surface area contributed by atoms with Crippen LogP contribution in [0, 0.1) is 19.7 Å². The Morgan fingerprint density at radius 3 is 2.24 bits per heavy atom. The minimum atomic E-state index is -4.31. The maximum atomic E-state index is 13.6. The molecule has 1 aromatic carbocycles. The average Bonchev–Trinajstić information content (AvgIpc) is 2.38. The van der Waals surface area contributed by atoms with E-state index in [9.17, 15) is 17.6 Å². The largest absolute Gasteiger partial charge is 0.411 e. The van der Waals surface area contributed by atoms with Crippen LogP contribution in [0.2, 0.25) is 0 Å². The molecule has 120 valence electrons. The summed E-state index contributed by atoms with van der Waals surface area (Å²) in [6.45, 7) is 4.68. The molecule has 1 rings (SSSR count). The zero-order valence-corrected chi connectivity index (χ0v) is 12.5. The molecule has 1 atom stereocenters. The Morgan fingerprint density at radius 1 is 1.19 bits per heavy atom. The van der Waals surface area contributed by atoms with Gasteiger partial charge in [0.1, 0.15) is 12.4 Å². The fraction of sp³-hybridized carbons (Fsp3) is 0.600. The van der Waals surface area contributed by atoms with E-state index in [1.165, 1.54) is 0 Å². The molecule has 0 saturated carbocycles. The van der Waals surface area contributed by atoms with Crippen molar-refractivity contribution >= 4 is 0 Å². The molecule has 0 bridgehead atoms. The molecule has 0 aliphatic carbocycles. The van der Waals surface area contributed by atoms with Gasteiger partial charge in [0, 0.05) is 12.6 Å². The van der Waals surface area contributed by atoms with Crippen LogP contribution in [0.15, 0.2) is 12.1 Å². The highest BCUT2D eigenvalue weighted by molar-refractivity contribution is 5.32. The van der Waals surface area contributed by atoms with Gasteiger partial charge >= 0.3 is 6.18 Å². The normalized spacial score (nSPS) is 13.5. The Kier molecular flexibility index (Phi) is 6.61. The SMILES string of the molecule is CCNC(CCOCC(F)(F)F)c1cc(C)c(F)c(C)c1. The van der Waals surface area contributed by atoms with Crippen LogP contribution in [-0.4, -0.2) is 25.9 Å². The fourth-order valence-electron chi connectivity index (χ4n) is 2.20. The van der Waals surface area contributed by atoms with Crippen LogP contribution in [0.5, 0.6) is 0 Å². The van der Waals surface area contributed by atoms with E-state index < -0.39 is 12.8 Å². The van der Waals surface area contributed by atoms with Crippen molar-refractivity contribution in [2.45, 2.75) is 39.4 Å². The number of hydrogen-bond donors (Lipinski definition) is 1. The summed E-state index contributed by atoms with van der Waals surface area (Å²) in [5.74, 6) is -0.248. The van der Waals surface area contributed by atoms with Crippen molar-refractivity contribution in [1.82, 2.24) is 5.32 Å². The van der Waals surface area contributed by atoms with Gasteiger partial charge in [0.05, 0.1) is 0 Å². The molecule has 0 fully saturated rings. The van der Waals surface area contributed by atoms with E-state index >= 15 is 0 Å². The molecule has 1 N–H and O–H groups in total. The Labute approximate surface area is 122 Å². The highest BCUT2D eigenvalue weighted by Crippen LogP contribution is 2.23. The van der Waals surface area contributed by atoms with Gasteiger partial charge in [0.25, 0.3) is 0 Å². The first-order valence-corrected chi connectivity index (χ1v) is 6.89. The highest BCUT2D eigenvalue weighted by Gasteiger charge is 2.27. The van der Waals surface area contributed by atoms with Crippen LogP contribution in [0.1, 0.15) is 36.1 Å². The summed E-state index contributed by atoms with van der Waals surface area (Å²) in [6, 6.07) is 3.29. The van der Waals surface area contributed by atoms with Crippen LogP contribution >= 0.6 is 0 Å². The van der Waals surface area contributed by atoms with Gasteiger partial charge in [-0.2, -0.15) is 13.2 Å². The Bertz CT molecular complexity index is 436. The van der Waals surface area contributed by atoms with E-state index in [0.29, 0.717) is 24.1 Å². The molecule has 0 aromatic heterocycles. The third-order valence-corrected chi connectivity index (χ3v) is 3.13. The summed E-state index contributed by atoms with van der Waals surface area (Å²) in [5.41, 5.74) is 1.93. The van der Waals surface area contributed by atoms with E-state index in [1.54, 1.807) is 26.0 Å². The Hall–Kier alpha value is -1.14. The van der Waals surface area contributed by atoms with Gasteiger partial charge in [0.15, 0.2) is 0 Å². The maximum Gasteiger partial charge on any atom is 0.411 e. The van der Waals surface area contributed by atoms with E-state index in [2.05, 4.69) is 10.1 Å². The van der Waals surface area contributed by atoms with Crippen molar-refractivity contribution in [3.63, 3.8) is 0 Å². The first-order chi connectivity index (χ1) is 9.74. The van der Waals surface area contributed by atoms with Crippen LogP contribution < -0.4 is 5.32 Å². The van der Waals surface area contributed by atoms with E-state index in [1.807, 2.05) is 6.92 Å². The standard InChI is InChI=1S/C15H21F4NO/c1-4-20-13(5-6-21-9-15(17,18)19)12-7-10(2)14(16)11(3)8-12/h7-8,13,20H,4-6,9H2,1-3H3. The zero-order valence-electron chi connectivity index (χ0n) is 12.5. The van der Waals surface area contributed by atoms with Crippen LogP contribution in [0.3, 0.4) is 0 Å². The average molecular weight is 307 g/mol. The van der Waals surface area contributed by atoms with Crippen molar-refractivity contribution in [2.24, 2.45) is 0 Å². The van der Waals surface area contributed by atoms with E-state index in [4.69, 9.17) is 0 Å². The molecule has 0 amide bonds. The smallest absolute Gasteiger partial charge is 0.372 e. The minimum absolute atomic E-state index is 0.00729. The molecular formula is C15H21F4NO. The zero-order chi connectivity index (χ0) is 16.0. The van der Waals surface area contributed by atoms with E-state index in [-0.39, 0.29) is 18.5 Å². The Morgan fingerprint density at radius 2 is 1.76 bits per heavy atom. The lowest BCUT2D eigenvalue weighted by Crippen LogP contribution is -2.24. The van der Waals surface area contributed by atoms with Crippen LogP contribution in [0.25, 0.3) is 0 Å². The van der Waals surface area contributed by atoms with Crippen molar-refractivity contribution < 1.29 is 22.3 Å². The minimum Gasteiger partial charge on any atom is -0.372 e. The molecule has 2 nitrogen and oxygen atoms in total. The molecule has 0 heterocycles. The van der Waals surface area contributed by atoms with Gasteiger partial charge < -0.3 is 10.1 Å². The van der Waals surface area contributed by atoms with Crippen LogP contribution in [-0.2, 0) is 4.74 Å². The number of halogens is 4. The van der Waals surface area contributed by atoms with Gasteiger partial charge in [0.2, 0.25) is 0 Å². The lowest BCUT2D eigenvalue weighted by atomic mass is 9.98. The summed E-state index contributed by atoms with van der Waals surface area (Å²) in [6.07, 6.45) is -3.91. The predicted octanol–water partition coefficient (Wildman–Crippen LogP) is 4.06. The first kappa shape index (κ1) is 17.9. The van der Waals surface area contributed by atoms with Gasteiger partial charge in [-0.3, -0.25) is 0 Å². The second-order valence-corrected chi connectivity index (χ2v) is 5.04. The molecular weight excluding hydrogens is 286 g/mol. The number of aryl methyl sites for hydroxylation is 2. The van der Waals surface area contributed by atoms with Crippen molar-refractivity contribution in [1.29, 1.82) is 0 Å². The lowest BCUT2D eigenvalue weighted by Gasteiger charge is -2.20. The number of alkyl halides is 3. The molecule has 21 heavy (non-hydrogen) atoms. The highest BCUT2D eigenvalue weighted by atomic mass is 19.4. The van der Waals surface area contributed by atoms with Crippen molar-refractivity contribution in [3.8, 4) is 0 Å². The number of hydrogen-bond acceptors (Lipinski definition) is 2. The molecule has 0 saturated heterocycles. The number of ether oxygens (including phenoxy) is 1. The third kappa shape index (κ3) is 6.01. The van der Waals surface area contributed by atoms with Gasteiger partial charge in [-0.1, -0.05) is 19.1 Å². The van der Waals surface area contributed by atoms with Crippen LogP contribution in [0.4, 0.5) is 17.6 Å². The summed E-state index contributed by atoms with van der Waals surface area (Å²) in [7, 11) is 0. The van der Waals surface area contributed by atoms with E-state index in [0.717, 1.165) is 5.56 Å². The first-order valence-electron chi connectivity index (χ1n) is 6.89. The summed E-state index contributed by atoms with van der Waals surface area (Å²) >= 11 is 0.